The highest BCUT2D eigenvalue weighted by atomic mass is 35.5. The van der Waals surface area contributed by atoms with Crippen molar-refractivity contribution in [3.63, 3.8) is 0 Å². The zero-order valence-corrected chi connectivity index (χ0v) is 12.5. The van der Waals surface area contributed by atoms with E-state index in [2.05, 4.69) is 9.97 Å². The molecule has 2 aromatic rings. The van der Waals surface area contributed by atoms with Crippen molar-refractivity contribution in [1.82, 2.24) is 9.97 Å². The molecule has 0 N–H and O–H groups in total. The number of hydrogen-bond acceptors (Lipinski definition) is 6. The van der Waals surface area contributed by atoms with Crippen molar-refractivity contribution in [3.8, 4) is 11.5 Å². The highest BCUT2D eigenvalue weighted by Crippen LogP contribution is 2.38. The molecule has 0 aliphatic carbocycles. The highest BCUT2D eigenvalue weighted by Gasteiger charge is 2.32. The quantitative estimate of drug-likeness (QED) is 0.806. The second-order valence-corrected chi connectivity index (χ2v) is 5.06. The predicted octanol–water partition coefficient (Wildman–Crippen LogP) is 2.08. The SMILES string of the molecule is COCC1Oc2cc3ncnc(Cl)c3cc2OC1COC. The Morgan fingerprint density at radius 2 is 1.67 bits per heavy atom. The molecule has 1 aromatic heterocycles. The maximum atomic E-state index is 6.08. The van der Waals surface area contributed by atoms with E-state index < -0.39 is 0 Å². The van der Waals surface area contributed by atoms with E-state index in [1.807, 2.05) is 0 Å². The fraction of sp³-hybridized carbons (Fsp3) is 0.429. The van der Waals surface area contributed by atoms with E-state index in [1.165, 1.54) is 6.33 Å². The fourth-order valence-electron chi connectivity index (χ4n) is 2.31. The molecule has 0 spiro atoms. The number of nitrogens with zero attached hydrogens (tertiary/aromatic N) is 2. The average Bonchev–Trinajstić information content (AvgIpc) is 2.47. The Kier molecular flexibility index (Phi) is 4.10. The lowest BCUT2D eigenvalue weighted by atomic mass is 10.1. The molecular formula is C14H15ClN2O4. The Morgan fingerprint density at radius 3 is 2.29 bits per heavy atom. The molecule has 2 unspecified atom stereocenters. The van der Waals surface area contributed by atoms with Crippen LogP contribution < -0.4 is 9.47 Å². The first kappa shape index (κ1) is 14.3. The van der Waals surface area contributed by atoms with Gasteiger partial charge in [0.05, 0.1) is 18.7 Å². The summed E-state index contributed by atoms with van der Waals surface area (Å²) >= 11 is 6.08. The maximum absolute atomic E-state index is 6.08. The number of aromatic nitrogens is 2. The minimum absolute atomic E-state index is 0.239. The van der Waals surface area contributed by atoms with Gasteiger partial charge in [-0.05, 0) is 6.07 Å². The molecule has 1 aliphatic heterocycles. The summed E-state index contributed by atoms with van der Waals surface area (Å²) in [5.41, 5.74) is 0.707. The number of fused-ring (bicyclic) bond motifs is 2. The minimum Gasteiger partial charge on any atom is -0.480 e. The van der Waals surface area contributed by atoms with Gasteiger partial charge in [-0.2, -0.15) is 0 Å². The van der Waals surface area contributed by atoms with Gasteiger partial charge in [-0.15, -0.1) is 0 Å². The van der Waals surface area contributed by atoms with Gasteiger partial charge < -0.3 is 18.9 Å². The second-order valence-electron chi connectivity index (χ2n) is 4.70. The van der Waals surface area contributed by atoms with E-state index >= 15 is 0 Å². The minimum atomic E-state index is -0.247. The Morgan fingerprint density at radius 1 is 1.05 bits per heavy atom. The summed E-state index contributed by atoms with van der Waals surface area (Å²) in [5.74, 6) is 1.22. The molecule has 112 valence electrons. The molecule has 2 heterocycles. The first-order valence-electron chi connectivity index (χ1n) is 6.48. The number of halogens is 1. The van der Waals surface area contributed by atoms with Gasteiger partial charge in [-0.25, -0.2) is 9.97 Å². The van der Waals surface area contributed by atoms with Gasteiger partial charge in [-0.1, -0.05) is 11.6 Å². The molecule has 21 heavy (non-hydrogen) atoms. The largest absolute Gasteiger partial charge is 0.480 e. The van der Waals surface area contributed by atoms with Crippen LogP contribution in [0.3, 0.4) is 0 Å². The van der Waals surface area contributed by atoms with Crippen molar-refractivity contribution in [2.45, 2.75) is 12.2 Å². The van der Waals surface area contributed by atoms with Crippen molar-refractivity contribution in [3.05, 3.63) is 23.6 Å². The van der Waals surface area contributed by atoms with Crippen molar-refractivity contribution in [2.75, 3.05) is 27.4 Å². The third-order valence-electron chi connectivity index (χ3n) is 3.29. The van der Waals surface area contributed by atoms with Crippen LogP contribution in [0.25, 0.3) is 10.9 Å². The van der Waals surface area contributed by atoms with Crippen LogP contribution in [0.4, 0.5) is 0 Å². The summed E-state index contributed by atoms with van der Waals surface area (Å²) in [6.07, 6.45) is 0.932. The summed E-state index contributed by atoms with van der Waals surface area (Å²) in [6.45, 7) is 0.820. The molecule has 0 fully saturated rings. The molecule has 2 atom stereocenters. The van der Waals surface area contributed by atoms with Crippen molar-refractivity contribution < 1.29 is 18.9 Å². The molecule has 1 aliphatic rings. The molecule has 0 saturated carbocycles. The second kappa shape index (κ2) is 6.01. The number of hydrogen-bond donors (Lipinski definition) is 0. The number of ether oxygens (including phenoxy) is 4. The van der Waals surface area contributed by atoms with Gasteiger partial charge >= 0.3 is 0 Å². The smallest absolute Gasteiger partial charge is 0.164 e. The van der Waals surface area contributed by atoms with E-state index in [0.29, 0.717) is 35.4 Å². The van der Waals surface area contributed by atoms with Gasteiger partial charge in [0.15, 0.2) is 23.7 Å². The third-order valence-corrected chi connectivity index (χ3v) is 3.59. The Hall–Kier alpha value is -1.63. The Bertz CT molecular complexity index is 652. The number of methoxy groups -OCH3 is 2. The summed E-state index contributed by atoms with van der Waals surface area (Å²) in [5, 5.41) is 1.11. The maximum Gasteiger partial charge on any atom is 0.164 e. The molecule has 7 heteroatoms. The molecule has 0 amide bonds. The zero-order valence-electron chi connectivity index (χ0n) is 11.7. The molecule has 0 saturated heterocycles. The lowest BCUT2D eigenvalue weighted by Gasteiger charge is -2.33. The van der Waals surface area contributed by atoms with Gasteiger partial charge in [0.25, 0.3) is 0 Å². The van der Waals surface area contributed by atoms with Crippen LogP contribution in [0, 0.1) is 0 Å². The third kappa shape index (κ3) is 2.74. The lowest BCUT2D eigenvalue weighted by molar-refractivity contribution is -0.0513. The van der Waals surface area contributed by atoms with Crippen molar-refractivity contribution in [1.29, 1.82) is 0 Å². The number of rotatable bonds is 4. The molecule has 6 nitrogen and oxygen atoms in total. The Labute approximate surface area is 126 Å². The van der Waals surface area contributed by atoms with Gasteiger partial charge in [0.2, 0.25) is 0 Å². The Balaban J connectivity index is 2.01. The first-order valence-corrected chi connectivity index (χ1v) is 6.86. The summed E-state index contributed by atoms with van der Waals surface area (Å²) in [7, 11) is 3.24. The van der Waals surface area contributed by atoms with Crippen molar-refractivity contribution >= 4 is 22.5 Å². The van der Waals surface area contributed by atoms with E-state index in [-0.39, 0.29) is 12.2 Å². The van der Waals surface area contributed by atoms with Crippen LogP contribution >= 0.6 is 11.6 Å². The van der Waals surface area contributed by atoms with Crippen LogP contribution in [-0.4, -0.2) is 49.6 Å². The van der Waals surface area contributed by atoms with E-state index in [9.17, 15) is 0 Å². The average molecular weight is 311 g/mol. The zero-order chi connectivity index (χ0) is 14.8. The van der Waals surface area contributed by atoms with Crippen LogP contribution in [0.15, 0.2) is 18.5 Å². The van der Waals surface area contributed by atoms with Gasteiger partial charge in [0.1, 0.15) is 11.5 Å². The van der Waals surface area contributed by atoms with E-state index in [0.717, 1.165) is 5.39 Å². The van der Waals surface area contributed by atoms with Gasteiger partial charge in [-0.3, -0.25) is 0 Å². The summed E-state index contributed by atoms with van der Waals surface area (Å²) < 4.78 is 22.3. The van der Waals surface area contributed by atoms with Crippen LogP contribution in [0.2, 0.25) is 5.15 Å². The van der Waals surface area contributed by atoms with Crippen LogP contribution in [0.1, 0.15) is 0 Å². The molecule has 1 aromatic carbocycles. The first-order chi connectivity index (χ1) is 10.2. The monoisotopic (exact) mass is 310 g/mol. The lowest BCUT2D eigenvalue weighted by Crippen LogP contribution is -2.45. The normalized spacial score (nSPS) is 20.7. The van der Waals surface area contributed by atoms with Gasteiger partial charge in [0, 0.05) is 25.7 Å². The van der Waals surface area contributed by atoms with Crippen LogP contribution in [0.5, 0.6) is 11.5 Å². The molecule has 0 radical (unpaired) electrons. The van der Waals surface area contributed by atoms with Crippen LogP contribution in [-0.2, 0) is 9.47 Å². The summed E-state index contributed by atoms with van der Waals surface area (Å²) in [4.78, 5) is 8.16. The topological polar surface area (TPSA) is 62.7 Å². The highest BCUT2D eigenvalue weighted by molar-refractivity contribution is 6.34. The van der Waals surface area contributed by atoms with E-state index in [1.54, 1.807) is 26.4 Å². The molecular weight excluding hydrogens is 296 g/mol. The van der Waals surface area contributed by atoms with E-state index in [4.69, 9.17) is 30.5 Å². The molecule has 0 bridgehead atoms. The fourth-order valence-corrected chi connectivity index (χ4v) is 2.50. The predicted molar refractivity (Wildman–Crippen MR) is 77.1 cm³/mol. The molecule has 3 rings (SSSR count). The standard InChI is InChI=1S/C14H15ClN2O4/c1-18-5-12-13(6-19-2)21-11-4-9-8(3-10(11)20-12)14(15)17-7-16-9/h3-4,7,12-13H,5-6H2,1-2H3. The summed E-state index contributed by atoms with van der Waals surface area (Å²) in [6, 6.07) is 3.59. The number of benzene rings is 1. The van der Waals surface area contributed by atoms with Crippen molar-refractivity contribution in [2.24, 2.45) is 0 Å².